The molecular formula is C84H145NO18. The van der Waals surface area contributed by atoms with Crippen LogP contribution in [0.25, 0.3) is 0 Å². The number of unbranched alkanes of at least 4 members (excludes halogenated alkanes) is 31. The van der Waals surface area contributed by atoms with E-state index in [0.29, 0.717) is 6.42 Å². The van der Waals surface area contributed by atoms with Crippen molar-refractivity contribution in [2.45, 2.75) is 388 Å². The molecule has 3 saturated heterocycles. The SMILES string of the molecule is CC/C=C\C/C=C\C/C=C\C/C=C\C/C=C\C/C=C\C/C=C\C/C=C\CCCCCCC(=O)NC(COC1OC(CO)C(OC2OC(CO)C(OC3OC(CO)C(O)C(O)C3O)C(O)C2O)C(O)C1O)C(O)/C=C/CCCCCCCCCCCCCCCCCCCCCCCCCCCCC. The largest absolute Gasteiger partial charge is 0.394 e. The lowest BCUT2D eigenvalue weighted by atomic mass is 9.96. The van der Waals surface area contributed by atoms with Crippen LogP contribution in [0.1, 0.15) is 284 Å². The maximum Gasteiger partial charge on any atom is 0.220 e. The van der Waals surface area contributed by atoms with Crippen molar-refractivity contribution in [2.75, 3.05) is 26.4 Å². The summed E-state index contributed by atoms with van der Waals surface area (Å²) in [5.41, 5.74) is 0. The van der Waals surface area contributed by atoms with E-state index in [2.05, 4.69) is 116 Å². The third kappa shape index (κ3) is 43.3. The molecule has 3 aliphatic rings. The smallest absolute Gasteiger partial charge is 0.220 e. The summed E-state index contributed by atoms with van der Waals surface area (Å²) in [6, 6.07) is -0.998. The summed E-state index contributed by atoms with van der Waals surface area (Å²) in [5, 5.41) is 121. The summed E-state index contributed by atoms with van der Waals surface area (Å²) in [5.74, 6) is -0.301. The predicted octanol–water partition coefficient (Wildman–Crippen LogP) is 13.7. The average Bonchev–Trinajstić information content (AvgIpc) is 0.781. The number of hydrogen-bond donors (Lipinski definition) is 12. The van der Waals surface area contributed by atoms with Crippen molar-refractivity contribution in [2.24, 2.45) is 0 Å². The number of rotatable bonds is 63. The number of carbonyl (C=O) groups excluding carboxylic acids is 1. The maximum absolute atomic E-state index is 13.5. The van der Waals surface area contributed by atoms with Gasteiger partial charge in [-0.1, -0.05) is 303 Å². The lowest BCUT2D eigenvalue weighted by molar-refractivity contribution is -0.379. The molecule has 0 spiro atoms. The molecule has 17 atom stereocenters. The van der Waals surface area contributed by atoms with E-state index in [1.165, 1.54) is 154 Å². The van der Waals surface area contributed by atoms with Crippen molar-refractivity contribution in [1.82, 2.24) is 5.32 Å². The van der Waals surface area contributed by atoms with Gasteiger partial charge in [0.1, 0.15) is 73.2 Å². The molecule has 103 heavy (non-hydrogen) atoms. The number of carbonyl (C=O) groups is 1. The zero-order valence-electron chi connectivity index (χ0n) is 63.5. The highest BCUT2D eigenvalue weighted by Gasteiger charge is 2.54. The zero-order valence-corrected chi connectivity index (χ0v) is 63.5. The topological polar surface area (TPSA) is 307 Å². The highest BCUT2D eigenvalue weighted by Crippen LogP contribution is 2.33. The second-order valence-electron chi connectivity index (χ2n) is 28.5. The van der Waals surface area contributed by atoms with Crippen LogP contribution in [0.3, 0.4) is 0 Å². The van der Waals surface area contributed by atoms with Crippen molar-refractivity contribution in [1.29, 1.82) is 0 Å². The molecule has 594 valence electrons. The van der Waals surface area contributed by atoms with Crippen LogP contribution in [-0.4, -0.2) is 193 Å². The predicted molar refractivity (Wildman–Crippen MR) is 410 cm³/mol. The van der Waals surface area contributed by atoms with Gasteiger partial charge in [0.2, 0.25) is 5.91 Å². The Morgan fingerprint density at radius 3 is 1.05 bits per heavy atom. The first-order chi connectivity index (χ1) is 50.3. The first-order valence-electron chi connectivity index (χ1n) is 40.6. The molecule has 1 amide bonds. The van der Waals surface area contributed by atoms with Crippen LogP contribution in [0.5, 0.6) is 0 Å². The summed E-state index contributed by atoms with van der Waals surface area (Å²) in [4.78, 5) is 13.5. The fourth-order valence-corrected chi connectivity index (χ4v) is 13.1. The molecule has 3 rings (SSSR count). The van der Waals surface area contributed by atoms with E-state index < -0.39 is 124 Å². The normalized spacial score (nSPS) is 26.6. The first-order valence-corrected chi connectivity index (χ1v) is 40.6. The van der Waals surface area contributed by atoms with Crippen molar-refractivity contribution < 1.29 is 89.4 Å². The van der Waals surface area contributed by atoms with Gasteiger partial charge in [-0.3, -0.25) is 4.79 Å². The standard InChI is InChI=1S/C84H145NO18/c1-3-5-7-9-11-13-15-17-19-21-23-25-27-29-31-33-35-37-39-41-43-45-47-49-51-53-55-57-59-61-68(89)67(85-72(90)62-60-58-56-54-52-50-48-46-44-42-40-38-36-34-32-30-28-26-24-22-20-18-16-14-12-10-8-6-4-2)66-98-82-78(96)75(93)80(70(64-87)100-82)103-84-79(97)76(94)81(71(65-88)101-84)102-83-77(95)74(92)73(91)69(63-86)99-83/h6,8,12,14,18,20,24,26,30,32,36,38,42,44,48,50,59,61,67-71,73-84,86-89,91-97H,3-5,7,9-11,13,15-17,19,21-23,25,27-29,31,33-35,37,39-41,43,45-47,49,51-58,60,62-66H2,1-2H3,(H,85,90)/b8-6-,14-12-,20-18-,26-24-,32-30-,38-36-,44-42-,50-48-,61-59+. The number of allylic oxidation sites excluding steroid dienone is 17. The van der Waals surface area contributed by atoms with Gasteiger partial charge in [0.15, 0.2) is 18.9 Å². The summed E-state index contributed by atoms with van der Waals surface area (Å²) in [6.45, 7) is 1.62. The van der Waals surface area contributed by atoms with Gasteiger partial charge in [-0.05, 0) is 83.5 Å². The number of ether oxygens (including phenoxy) is 6. The van der Waals surface area contributed by atoms with E-state index in [0.717, 1.165) is 103 Å². The van der Waals surface area contributed by atoms with Gasteiger partial charge in [-0.2, -0.15) is 0 Å². The Morgan fingerprint density at radius 1 is 0.359 bits per heavy atom. The quantitative estimate of drug-likeness (QED) is 0.0199. The minimum Gasteiger partial charge on any atom is -0.394 e. The molecule has 0 aromatic rings. The molecule has 17 unspecified atom stereocenters. The Kier molecular flexibility index (Phi) is 57.6. The Labute approximate surface area is 621 Å². The molecule has 3 aliphatic heterocycles. The molecule has 0 aromatic carbocycles. The Hall–Kier alpha value is -3.55. The molecular weight excluding hydrogens is 1310 g/mol. The van der Waals surface area contributed by atoms with E-state index in [-0.39, 0.29) is 18.9 Å². The first kappa shape index (κ1) is 93.7. The number of nitrogens with one attached hydrogen (secondary N) is 1. The molecule has 3 heterocycles. The van der Waals surface area contributed by atoms with E-state index in [1.807, 2.05) is 6.08 Å². The van der Waals surface area contributed by atoms with Crippen LogP contribution in [0.4, 0.5) is 0 Å². The molecule has 0 aliphatic carbocycles. The monoisotopic (exact) mass is 1460 g/mol. The second kappa shape index (κ2) is 63.4. The van der Waals surface area contributed by atoms with Crippen LogP contribution in [-0.2, 0) is 33.2 Å². The van der Waals surface area contributed by atoms with Gasteiger partial charge in [-0.25, -0.2) is 0 Å². The van der Waals surface area contributed by atoms with E-state index in [9.17, 15) is 61.0 Å². The third-order valence-electron chi connectivity index (χ3n) is 19.6. The fourth-order valence-electron chi connectivity index (χ4n) is 13.1. The minimum absolute atomic E-state index is 0.207. The minimum atomic E-state index is -1.99. The average molecular weight is 1460 g/mol. The number of amides is 1. The van der Waals surface area contributed by atoms with Crippen LogP contribution in [0, 0.1) is 0 Å². The van der Waals surface area contributed by atoms with Gasteiger partial charge < -0.3 is 89.9 Å². The van der Waals surface area contributed by atoms with Gasteiger partial charge in [0.05, 0.1) is 38.6 Å². The molecule has 12 N–H and O–H groups in total. The van der Waals surface area contributed by atoms with Crippen LogP contribution >= 0.6 is 0 Å². The van der Waals surface area contributed by atoms with E-state index in [4.69, 9.17) is 28.4 Å². The van der Waals surface area contributed by atoms with Crippen molar-refractivity contribution in [3.05, 3.63) is 109 Å². The summed E-state index contributed by atoms with van der Waals surface area (Å²) in [6.07, 6.45) is 60.7. The van der Waals surface area contributed by atoms with Gasteiger partial charge in [0, 0.05) is 6.42 Å². The Morgan fingerprint density at radius 2 is 0.670 bits per heavy atom. The molecule has 3 fully saturated rings. The lowest BCUT2D eigenvalue weighted by Crippen LogP contribution is -2.66. The molecule has 0 saturated carbocycles. The number of hydrogen-bond acceptors (Lipinski definition) is 18. The molecule has 0 radical (unpaired) electrons. The summed E-state index contributed by atoms with van der Waals surface area (Å²) in [7, 11) is 0. The lowest BCUT2D eigenvalue weighted by Gasteiger charge is -2.48. The molecule has 0 aromatic heterocycles. The second-order valence-corrected chi connectivity index (χ2v) is 28.5. The van der Waals surface area contributed by atoms with Crippen molar-refractivity contribution in [3.8, 4) is 0 Å². The van der Waals surface area contributed by atoms with Crippen LogP contribution < -0.4 is 5.32 Å². The van der Waals surface area contributed by atoms with Crippen LogP contribution in [0.2, 0.25) is 0 Å². The molecule has 19 nitrogen and oxygen atoms in total. The molecule has 0 bridgehead atoms. The zero-order chi connectivity index (χ0) is 74.6. The molecule has 19 heteroatoms. The number of aliphatic hydroxyl groups excluding tert-OH is 11. The van der Waals surface area contributed by atoms with E-state index in [1.54, 1.807) is 6.08 Å². The van der Waals surface area contributed by atoms with Gasteiger partial charge in [0.25, 0.3) is 0 Å². The van der Waals surface area contributed by atoms with E-state index >= 15 is 0 Å². The highest BCUT2D eigenvalue weighted by molar-refractivity contribution is 5.76. The Balaban J connectivity index is 1.40. The summed E-state index contributed by atoms with van der Waals surface area (Å²) >= 11 is 0. The third-order valence-corrected chi connectivity index (χ3v) is 19.6. The number of aliphatic hydroxyl groups is 11. The van der Waals surface area contributed by atoms with Gasteiger partial charge in [-0.15, -0.1) is 0 Å². The van der Waals surface area contributed by atoms with Crippen molar-refractivity contribution >= 4 is 5.91 Å². The maximum atomic E-state index is 13.5. The summed E-state index contributed by atoms with van der Waals surface area (Å²) < 4.78 is 34.4. The fraction of sp³-hybridized carbons (Fsp3) is 0.774. The van der Waals surface area contributed by atoms with Gasteiger partial charge >= 0.3 is 0 Å². The highest BCUT2D eigenvalue weighted by atomic mass is 16.8. The van der Waals surface area contributed by atoms with Crippen molar-refractivity contribution in [3.63, 3.8) is 0 Å². The van der Waals surface area contributed by atoms with Crippen LogP contribution in [0.15, 0.2) is 109 Å². The Bertz CT molecular complexity index is 2290.